The van der Waals surface area contributed by atoms with Gasteiger partial charge < -0.3 is 4.74 Å². The van der Waals surface area contributed by atoms with Crippen LogP contribution in [0.5, 0.6) is 0 Å². The lowest BCUT2D eigenvalue weighted by molar-refractivity contribution is 0.0588. The Morgan fingerprint density at radius 3 is 2.88 bits per heavy atom. The van der Waals surface area contributed by atoms with Gasteiger partial charge in [-0.05, 0) is 37.4 Å². The number of benzene rings is 1. The molecule has 0 radical (unpaired) electrons. The van der Waals surface area contributed by atoms with Gasteiger partial charge in [0, 0.05) is 4.70 Å². The molecule has 0 saturated heterocycles. The fraction of sp³-hybridized carbons (Fsp3) is 0.308. The Hall–Kier alpha value is -1.26. The first-order valence-corrected chi connectivity index (χ1v) is 6.22. The lowest BCUT2D eigenvalue weighted by Crippen LogP contribution is -2.12. The van der Waals surface area contributed by atoms with Crippen molar-refractivity contribution in [2.75, 3.05) is 6.61 Å². The van der Waals surface area contributed by atoms with Gasteiger partial charge in [0.05, 0.1) is 11.0 Å². The Balaban J connectivity index is 2.21. The van der Waals surface area contributed by atoms with Crippen LogP contribution in [0, 0.1) is 5.82 Å². The van der Waals surface area contributed by atoms with Gasteiger partial charge in [0.2, 0.25) is 0 Å². The summed E-state index contributed by atoms with van der Waals surface area (Å²) in [6.07, 6.45) is 0.0331. The zero-order chi connectivity index (χ0) is 12.4. The molecule has 2 nitrogen and oxygen atoms in total. The highest BCUT2D eigenvalue weighted by atomic mass is 32.1. The minimum Gasteiger partial charge on any atom is -0.371 e. The van der Waals surface area contributed by atoms with Gasteiger partial charge in [-0.25, -0.2) is 4.39 Å². The van der Waals surface area contributed by atoms with Crippen LogP contribution in [0.2, 0.25) is 0 Å². The smallest absolute Gasteiger partial charge is 0.198 e. The molecule has 2 aromatic rings. The molecule has 0 spiro atoms. The molecule has 0 bridgehead atoms. The van der Waals surface area contributed by atoms with Gasteiger partial charge in [0.15, 0.2) is 5.78 Å². The Bertz CT molecular complexity index is 545. The third-order valence-corrected chi connectivity index (χ3v) is 3.44. The summed E-state index contributed by atoms with van der Waals surface area (Å²) >= 11 is 1.30. The van der Waals surface area contributed by atoms with Crippen LogP contribution < -0.4 is 0 Å². The summed E-state index contributed by atoms with van der Waals surface area (Å²) < 4.78 is 19.0. The van der Waals surface area contributed by atoms with Crippen LogP contribution >= 0.6 is 11.3 Å². The molecule has 0 aliphatic carbocycles. The first-order chi connectivity index (χ1) is 8.06. The van der Waals surface area contributed by atoms with Gasteiger partial charge in [0.25, 0.3) is 0 Å². The Morgan fingerprint density at radius 1 is 1.41 bits per heavy atom. The van der Waals surface area contributed by atoms with E-state index in [-0.39, 0.29) is 24.3 Å². The number of Topliss-reactive ketones (excluding diaryl/α,β-unsaturated/α-hetero) is 1. The predicted molar refractivity (Wildman–Crippen MR) is 67.2 cm³/mol. The lowest BCUT2D eigenvalue weighted by Gasteiger charge is -2.04. The molecule has 0 atom stereocenters. The zero-order valence-electron chi connectivity index (χ0n) is 9.70. The van der Waals surface area contributed by atoms with Crippen LogP contribution in [0.3, 0.4) is 0 Å². The topological polar surface area (TPSA) is 26.3 Å². The van der Waals surface area contributed by atoms with Crippen molar-refractivity contribution in [2.24, 2.45) is 0 Å². The molecule has 0 N–H and O–H groups in total. The number of carbonyl (C=O) groups excluding carboxylic acids is 1. The van der Waals surface area contributed by atoms with Crippen molar-refractivity contribution >= 4 is 27.2 Å². The Kier molecular flexibility index (Phi) is 3.54. The van der Waals surface area contributed by atoms with Gasteiger partial charge in [-0.15, -0.1) is 11.3 Å². The van der Waals surface area contributed by atoms with Crippen molar-refractivity contribution in [3.8, 4) is 0 Å². The summed E-state index contributed by atoms with van der Waals surface area (Å²) in [5, 5.41) is 0.893. The van der Waals surface area contributed by atoms with Crippen molar-refractivity contribution in [1.29, 1.82) is 0 Å². The van der Waals surface area contributed by atoms with E-state index in [0.29, 0.717) is 4.88 Å². The number of carbonyl (C=O) groups is 1. The second-order valence-corrected chi connectivity index (χ2v) is 5.16. The minimum absolute atomic E-state index is 0.0331. The summed E-state index contributed by atoms with van der Waals surface area (Å²) in [6.45, 7) is 3.84. The molecular weight excluding hydrogens is 239 g/mol. The molecule has 0 amide bonds. The van der Waals surface area contributed by atoms with Gasteiger partial charge in [-0.3, -0.25) is 4.79 Å². The number of ketones is 1. The number of rotatable bonds is 4. The standard InChI is InChI=1S/C13H13FO2S/c1-8(2)16-7-11(15)13-5-9-3-4-10(14)6-12(9)17-13/h3-6,8H,7H2,1-2H3. The second-order valence-electron chi connectivity index (χ2n) is 4.08. The quantitative estimate of drug-likeness (QED) is 0.776. The maximum absolute atomic E-state index is 13.0. The van der Waals surface area contributed by atoms with E-state index in [9.17, 15) is 9.18 Å². The van der Waals surface area contributed by atoms with E-state index < -0.39 is 0 Å². The second kappa shape index (κ2) is 4.94. The fourth-order valence-corrected chi connectivity index (χ4v) is 2.47. The highest BCUT2D eigenvalue weighted by molar-refractivity contribution is 7.20. The fourth-order valence-electron chi connectivity index (χ4n) is 1.46. The van der Waals surface area contributed by atoms with Gasteiger partial charge >= 0.3 is 0 Å². The molecule has 0 aliphatic rings. The van der Waals surface area contributed by atoms with E-state index >= 15 is 0 Å². The number of hydrogen-bond donors (Lipinski definition) is 0. The van der Waals surface area contributed by atoms with Gasteiger partial charge in [-0.1, -0.05) is 6.07 Å². The molecule has 2 rings (SSSR count). The van der Waals surface area contributed by atoms with Crippen molar-refractivity contribution in [1.82, 2.24) is 0 Å². The molecule has 0 fully saturated rings. The third-order valence-electron chi connectivity index (χ3n) is 2.30. The SMILES string of the molecule is CC(C)OCC(=O)c1cc2ccc(F)cc2s1. The number of halogens is 1. The first kappa shape index (κ1) is 12.2. The summed E-state index contributed by atoms with van der Waals surface area (Å²) in [4.78, 5) is 12.4. The monoisotopic (exact) mass is 252 g/mol. The van der Waals surface area contributed by atoms with E-state index in [1.54, 1.807) is 12.1 Å². The van der Waals surface area contributed by atoms with Crippen LogP contribution in [-0.2, 0) is 4.74 Å². The molecule has 0 unspecified atom stereocenters. The van der Waals surface area contributed by atoms with Crippen molar-refractivity contribution in [2.45, 2.75) is 20.0 Å². The molecule has 17 heavy (non-hydrogen) atoms. The van der Waals surface area contributed by atoms with E-state index in [1.807, 2.05) is 13.8 Å². The van der Waals surface area contributed by atoms with Crippen molar-refractivity contribution in [3.63, 3.8) is 0 Å². The van der Waals surface area contributed by atoms with E-state index in [2.05, 4.69) is 0 Å². The molecule has 90 valence electrons. The van der Waals surface area contributed by atoms with Crippen LogP contribution in [-0.4, -0.2) is 18.5 Å². The van der Waals surface area contributed by atoms with Gasteiger partial charge in [-0.2, -0.15) is 0 Å². The zero-order valence-corrected chi connectivity index (χ0v) is 10.5. The maximum atomic E-state index is 13.0. The molecule has 1 aromatic heterocycles. The molecule has 1 aromatic carbocycles. The summed E-state index contributed by atoms with van der Waals surface area (Å²) in [6, 6.07) is 6.31. The highest BCUT2D eigenvalue weighted by Crippen LogP contribution is 2.26. The van der Waals surface area contributed by atoms with E-state index in [4.69, 9.17) is 4.74 Å². The lowest BCUT2D eigenvalue weighted by atomic mass is 10.2. The number of fused-ring (bicyclic) bond motifs is 1. The number of hydrogen-bond acceptors (Lipinski definition) is 3. The molecule has 1 heterocycles. The Labute approximate surface area is 103 Å². The Morgan fingerprint density at radius 2 is 2.18 bits per heavy atom. The molecule has 0 saturated carbocycles. The van der Waals surface area contributed by atoms with Crippen molar-refractivity contribution in [3.05, 3.63) is 35.0 Å². The third kappa shape index (κ3) is 2.90. The van der Waals surface area contributed by atoms with Crippen LogP contribution in [0.15, 0.2) is 24.3 Å². The predicted octanol–water partition coefficient (Wildman–Crippen LogP) is 3.65. The summed E-state index contributed by atoms with van der Waals surface area (Å²) in [5.41, 5.74) is 0. The largest absolute Gasteiger partial charge is 0.371 e. The average molecular weight is 252 g/mol. The molecule has 0 aliphatic heterocycles. The average Bonchev–Trinajstić information content (AvgIpc) is 2.68. The van der Waals surface area contributed by atoms with Crippen LogP contribution in [0.4, 0.5) is 4.39 Å². The first-order valence-electron chi connectivity index (χ1n) is 5.40. The maximum Gasteiger partial charge on any atom is 0.198 e. The summed E-state index contributed by atoms with van der Waals surface area (Å²) in [5.74, 6) is -0.336. The van der Waals surface area contributed by atoms with Crippen LogP contribution in [0.25, 0.3) is 10.1 Å². The number of thiophene rings is 1. The van der Waals surface area contributed by atoms with E-state index in [1.165, 1.54) is 23.5 Å². The van der Waals surface area contributed by atoms with Crippen LogP contribution in [0.1, 0.15) is 23.5 Å². The highest BCUT2D eigenvalue weighted by Gasteiger charge is 2.11. The minimum atomic E-state index is -0.281. The van der Waals surface area contributed by atoms with E-state index in [0.717, 1.165) is 10.1 Å². The molecule has 4 heteroatoms. The van der Waals surface area contributed by atoms with Gasteiger partial charge in [0.1, 0.15) is 12.4 Å². The number of ether oxygens (including phenoxy) is 1. The molecular formula is C13H13FO2S. The summed E-state index contributed by atoms with van der Waals surface area (Å²) in [7, 11) is 0. The normalized spacial score (nSPS) is 11.3. The van der Waals surface area contributed by atoms with Crippen molar-refractivity contribution < 1.29 is 13.9 Å².